The number of fused-ring (bicyclic) bond motifs is 2. The minimum Gasteiger partial charge on any atom is -0.485 e. The summed E-state index contributed by atoms with van der Waals surface area (Å²) in [5, 5.41) is 2.72. The lowest BCUT2D eigenvalue weighted by atomic mass is 10.1. The number of amides is 1. The van der Waals surface area contributed by atoms with Gasteiger partial charge in [-0.05, 0) is 25.1 Å². The molecule has 2 aliphatic rings. The van der Waals surface area contributed by atoms with Crippen molar-refractivity contribution in [3.05, 3.63) is 42.0 Å². The van der Waals surface area contributed by atoms with Gasteiger partial charge in [0, 0.05) is 11.6 Å². The van der Waals surface area contributed by atoms with Crippen LogP contribution in [0.3, 0.4) is 0 Å². The fourth-order valence-corrected chi connectivity index (χ4v) is 2.70. The second kappa shape index (κ2) is 6.01. The van der Waals surface area contributed by atoms with Gasteiger partial charge in [0.25, 0.3) is 5.91 Å². The number of carbonyl (C=O) groups excluding carboxylic acids is 2. The molecule has 0 fully saturated rings. The molecule has 25 heavy (non-hydrogen) atoms. The SMILES string of the molecule is CC(=O)c1cc2c(cc1NC(=O)C1COc3ccccc3O1)OCO2. The third-order valence-electron chi connectivity index (χ3n) is 3.95. The van der Waals surface area contributed by atoms with Crippen molar-refractivity contribution in [1.82, 2.24) is 0 Å². The van der Waals surface area contributed by atoms with Gasteiger partial charge in [-0.3, -0.25) is 9.59 Å². The summed E-state index contributed by atoms with van der Waals surface area (Å²) in [6, 6.07) is 10.3. The summed E-state index contributed by atoms with van der Waals surface area (Å²) in [4.78, 5) is 24.4. The molecule has 0 saturated carbocycles. The van der Waals surface area contributed by atoms with Crippen molar-refractivity contribution in [2.45, 2.75) is 13.0 Å². The van der Waals surface area contributed by atoms with E-state index in [4.69, 9.17) is 18.9 Å². The van der Waals surface area contributed by atoms with E-state index in [1.807, 2.05) is 6.07 Å². The van der Waals surface area contributed by atoms with Crippen molar-refractivity contribution in [1.29, 1.82) is 0 Å². The van der Waals surface area contributed by atoms with Crippen LogP contribution in [0.2, 0.25) is 0 Å². The maximum absolute atomic E-state index is 12.6. The van der Waals surface area contributed by atoms with Crippen molar-refractivity contribution in [3.63, 3.8) is 0 Å². The van der Waals surface area contributed by atoms with Gasteiger partial charge in [0.05, 0.1) is 5.69 Å². The highest BCUT2D eigenvalue weighted by Crippen LogP contribution is 2.37. The Morgan fingerprint density at radius 1 is 1.00 bits per heavy atom. The molecule has 0 aliphatic carbocycles. The van der Waals surface area contributed by atoms with Gasteiger partial charge in [-0.2, -0.15) is 0 Å². The molecule has 7 heteroatoms. The second-order valence-corrected chi connectivity index (χ2v) is 5.66. The van der Waals surface area contributed by atoms with E-state index in [-0.39, 0.29) is 19.2 Å². The van der Waals surface area contributed by atoms with Crippen molar-refractivity contribution < 1.29 is 28.5 Å². The third-order valence-corrected chi connectivity index (χ3v) is 3.95. The number of hydrogen-bond acceptors (Lipinski definition) is 6. The minimum absolute atomic E-state index is 0.0838. The number of hydrogen-bond donors (Lipinski definition) is 1. The molecular weight excluding hydrogens is 326 g/mol. The van der Waals surface area contributed by atoms with Crippen LogP contribution in [0.1, 0.15) is 17.3 Å². The first kappa shape index (κ1) is 15.3. The molecule has 1 atom stereocenters. The Hall–Kier alpha value is -3.22. The highest BCUT2D eigenvalue weighted by Gasteiger charge is 2.29. The van der Waals surface area contributed by atoms with E-state index in [2.05, 4.69) is 5.32 Å². The van der Waals surface area contributed by atoms with Crippen LogP contribution in [0, 0.1) is 0 Å². The zero-order valence-electron chi connectivity index (χ0n) is 13.4. The normalized spacial score (nSPS) is 17.1. The van der Waals surface area contributed by atoms with Crippen LogP contribution in [0.25, 0.3) is 0 Å². The number of nitrogens with one attached hydrogen (secondary N) is 1. The fraction of sp³-hybridized carbons (Fsp3) is 0.222. The molecule has 4 rings (SSSR count). The first-order valence-electron chi connectivity index (χ1n) is 7.76. The summed E-state index contributed by atoms with van der Waals surface area (Å²) in [7, 11) is 0. The van der Waals surface area contributed by atoms with Gasteiger partial charge >= 0.3 is 0 Å². The van der Waals surface area contributed by atoms with Crippen LogP contribution in [0.4, 0.5) is 5.69 Å². The molecule has 1 amide bonds. The zero-order chi connectivity index (χ0) is 17.4. The van der Waals surface area contributed by atoms with Gasteiger partial charge in [-0.1, -0.05) is 12.1 Å². The van der Waals surface area contributed by atoms with Crippen LogP contribution in [-0.4, -0.2) is 31.2 Å². The fourth-order valence-electron chi connectivity index (χ4n) is 2.70. The molecule has 0 spiro atoms. The van der Waals surface area contributed by atoms with Crippen molar-refractivity contribution >= 4 is 17.4 Å². The first-order chi connectivity index (χ1) is 12.1. The summed E-state index contributed by atoms with van der Waals surface area (Å²) in [5.74, 6) is 1.46. The molecule has 128 valence electrons. The Morgan fingerprint density at radius 3 is 2.48 bits per heavy atom. The smallest absolute Gasteiger partial charge is 0.269 e. The second-order valence-electron chi connectivity index (χ2n) is 5.66. The number of benzene rings is 2. The standard InChI is InChI=1S/C18H15NO6/c1-10(20)11-6-15-16(24-9-23-15)7-12(11)19-18(21)17-8-22-13-4-2-3-5-14(13)25-17/h2-7,17H,8-9H2,1H3,(H,19,21). The predicted octanol–water partition coefficient (Wildman–Crippen LogP) is 2.40. The summed E-state index contributed by atoms with van der Waals surface area (Å²) in [6.45, 7) is 1.59. The Kier molecular flexibility index (Phi) is 3.68. The van der Waals surface area contributed by atoms with Gasteiger partial charge in [-0.25, -0.2) is 0 Å². The van der Waals surface area contributed by atoms with Crippen molar-refractivity contribution in [2.75, 3.05) is 18.7 Å². The van der Waals surface area contributed by atoms with Gasteiger partial charge in [0.15, 0.2) is 28.8 Å². The molecule has 1 N–H and O–H groups in total. The number of Topliss-reactive ketones (excluding diaryl/α,β-unsaturated/α-hetero) is 1. The van der Waals surface area contributed by atoms with Gasteiger partial charge in [0.1, 0.15) is 6.61 Å². The zero-order valence-corrected chi connectivity index (χ0v) is 13.4. The average Bonchev–Trinajstić information content (AvgIpc) is 3.07. The summed E-state index contributed by atoms with van der Waals surface area (Å²) in [5.41, 5.74) is 0.693. The van der Waals surface area contributed by atoms with Crippen LogP contribution in [-0.2, 0) is 4.79 Å². The van der Waals surface area contributed by atoms with E-state index in [9.17, 15) is 9.59 Å². The number of para-hydroxylation sites is 2. The molecule has 0 aromatic heterocycles. The maximum Gasteiger partial charge on any atom is 0.269 e. The molecule has 0 saturated heterocycles. The van der Waals surface area contributed by atoms with E-state index in [1.54, 1.807) is 30.3 Å². The van der Waals surface area contributed by atoms with E-state index < -0.39 is 12.0 Å². The van der Waals surface area contributed by atoms with E-state index in [0.29, 0.717) is 34.2 Å². The highest BCUT2D eigenvalue weighted by atomic mass is 16.7. The monoisotopic (exact) mass is 341 g/mol. The molecule has 2 aliphatic heterocycles. The number of anilines is 1. The Bertz CT molecular complexity index is 863. The third kappa shape index (κ3) is 2.84. The van der Waals surface area contributed by atoms with Crippen molar-refractivity contribution in [2.24, 2.45) is 0 Å². The molecular formula is C18H15NO6. The van der Waals surface area contributed by atoms with Crippen LogP contribution in [0.15, 0.2) is 36.4 Å². The number of rotatable bonds is 3. The Labute approximate surface area is 143 Å². The molecule has 2 heterocycles. The minimum atomic E-state index is -0.819. The van der Waals surface area contributed by atoms with E-state index in [1.165, 1.54) is 6.92 Å². The summed E-state index contributed by atoms with van der Waals surface area (Å²) >= 11 is 0. The number of carbonyl (C=O) groups is 2. The van der Waals surface area contributed by atoms with Crippen molar-refractivity contribution in [3.8, 4) is 23.0 Å². The molecule has 1 unspecified atom stereocenters. The van der Waals surface area contributed by atoms with E-state index >= 15 is 0 Å². The van der Waals surface area contributed by atoms with E-state index in [0.717, 1.165) is 0 Å². The highest BCUT2D eigenvalue weighted by molar-refractivity contribution is 6.05. The molecule has 2 aromatic carbocycles. The topological polar surface area (TPSA) is 83.1 Å². The lowest BCUT2D eigenvalue weighted by Gasteiger charge is -2.25. The predicted molar refractivity (Wildman–Crippen MR) is 87.6 cm³/mol. The lowest BCUT2D eigenvalue weighted by molar-refractivity contribution is -0.125. The Morgan fingerprint density at radius 2 is 1.72 bits per heavy atom. The lowest BCUT2D eigenvalue weighted by Crippen LogP contribution is -2.40. The molecule has 7 nitrogen and oxygen atoms in total. The quantitative estimate of drug-likeness (QED) is 0.863. The molecule has 0 bridgehead atoms. The molecule has 0 radical (unpaired) electrons. The van der Waals surface area contributed by atoms with Crippen LogP contribution >= 0.6 is 0 Å². The van der Waals surface area contributed by atoms with Crippen LogP contribution in [0.5, 0.6) is 23.0 Å². The number of ketones is 1. The van der Waals surface area contributed by atoms with Gasteiger partial charge in [-0.15, -0.1) is 0 Å². The first-order valence-corrected chi connectivity index (χ1v) is 7.76. The average molecular weight is 341 g/mol. The summed E-state index contributed by atoms with van der Waals surface area (Å²) in [6.07, 6.45) is -0.819. The van der Waals surface area contributed by atoms with Gasteiger partial charge in [0.2, 0.25) is 12.9 Å². The largest absolute Gasteiger partial charge is 0.485 e. The van der Waals surface area contributed by atoms with Crippen LogP contribution < -0.4 is 24.3 Å². The van der Waals surface area contributed by atoms with Gasteiger partial charge < -0.3 is 24.3 Å². The maximum atomic E-state index is 12.6. The summed E-state index contributed by atoms with van der Waals surface area (Å²) < 4.78 is 21.8. The Balaban J connectivity index is 1.56. The molecule has 2 aromatic rings. The number of ether oxygens (including phenoxy) is 4.